The van der Waals surface area contributed by atoms with Crippen LogP contribution in [0.15, 0.2) is 48.5 Å². The molecule has 2 aromatic carbocycles. The Morgan fingerprint density at radius 1 is 0.696 bits per heavy atom. The van der Waals surface area contributed by atoms with Crippen molar-refractivity contribution in [2.45, 2.75) is 0 Å². The van der Waals surface area contributed by atoms with E-state index in [1.807, 2.05) is 28.2 Å². The van der Waals surface area contributed by atoms with Crippen LogP contribution in [-0.2, 0) is 0 Å². The molecule has 0 saturated carbocycles. The van der Waals surface area contributed by atoms with Gasteiger partial charge in [0.1, 0.15) is 0 Å². The van der Waals surface area contributed by atoms with E-state index < -0.39 is 0 Å². The van der Waals surface area contributed by atoms with Gasteiger partial charge in [-0.2, -0.15) is 0 Å². The second kappa shape index (κ2) is 6.57. The average Bonchev–Trinajstić information content (AvgIpc) is 3.05. The van der Waals surface area contributed by atoms with E-state index in [0.717, 1.165) is 16.0 Å². The molecule has 0 bridgehead atoms. The third-order valence-corrected chi connectivity index (χ3v) is 5.30. The van der Waals surface area contributed by atoms with Crippen molar-refractivity contribution in [2.75, 3.05) is 38.0 Å². The van der Waals surface area contributed by atoms with Crippen molar-refractivity contribution in [3.63, 3.8) is 0 Å². The Bertz CT molecular complexity index is 708. The quantitative estimate of drug-likeness (QED) is 0.660. The molecule has 3 rings (SSSR count). The van der Waals surface area contributed by atoms with E-state index in [2.05, 4.69) is 62.3 Å². The van der Waals surface area contributed by atoms with Crippen molar-refractivity contribution in [3.8, 4) is 21.5 Å². The molecule has 0 unspecified atom stereocenters. The molecule has 0 amide bonds. The molecule has 0 atom stereocenters. The molecule has 3 aromatic rings. The first-order valence-corrected chi connectivity index (χ1v) is 9.06. The van der Waals surface area contributed by atoms with Crippen molar-refractivity contribution in [1.82, 2.24) is 8.96 Å². The molecule has 1 aromatic heterocycles. The normalized spacial score (nSPS) is 10.6. The Hall–Kier alpha value is -2.10. The van der Waals surface area contributed by atoms with Gasteiger partial charge in [-0.05, 0) is 0 Å². The molecule has 0 N–H and O–H groups in total. The zero-order chi connectivity index (χ0) is 16.4. The van der Waals surface area contributed by atoms with Crippen molar-refractivity contribution in [3.05, 3.63) is 48.5 Å². The summed E-state index contributed by atoms with van der Waals surface area (Å²) < 4.78 is 5.74. The minimum absolute atomic E-state index is 0.0508. The second-order valence-electron chi connectivity index (χ2n) is 5.81. The van der Waals surface area contributed by atoms with Gasteiger partial charge in [-0.3, -0.25) is 0 Å². The predicted molar refractivity (Wildman–Crippen MR) is 98.5 cm³/mol. The number of aromatic nitrogens is 2. The van der Waals surface area contributed by atoms with Crippen molar-refractivity contribution >= 4 is 26.1 Å². The van der Waals surface area contributed by atoms with Crippen LogP contribution in [0.3, 0.4) is 0 Å². The SMILES string of the molecule is CN(C)c1ccc(-c2n[se]c(-c3ccc(N(C)C)cc3)n2)cc1. The molecule has 5 heteroatoms. The summed E-state index contributed by atoms with van der Waals surface area (Å²) in [5.74, 6) is 0.849. The predicted octanol–water partition coefficient (Wildman–Crippen LogP) is 3.00. The standard InChI is InChI=1S/C18H20N4Se/c1-21(2)15-9-5-13(6-10-15)17-19-18(23-20-17)14-7-11-16(12-8-14)22(3)4/h5-12H,1-4H3. The maximum absolute atomic E-state index is 4.74. The Morgan fingerprint density at radius 3 is 1.65 bits per heavy atom. The molecule has 0 fully saturated rings. The average molecular weight is 371 g/mol. The molecule has 118 valence electrons. The molecular weight excluding hydrogens is 351 g/mol. The van der Waals surface area contributed by atoms with Crippen LogP contribution in [0.1, 0.15) is 0 Å². The van der Waals surface area contributed by atoms with Gasteiger partial charge in [-0.1, -0.05) is 0 Å². The fourth-order valence-electron chi connectivity index (χ4n) is 2.27. The van der Waals surface area contributed by atoms with Crippen LogP contribution in [0, 0.1) is 0 Å². The van der Waals surface area contributed by atoms with Crippen LogP contribution in [0.5, 0.6) is 0 Å². The Morgan fingerprint density at radius 2 is 1.17 bits per heavy atom. The van der Waals surface area contributed by atoms with Gasteiger partial charge in [0.25, 0.3) is 0 Å². The van der Waals surface area contributed by atoms with Crippen molar-refractivity contribution in [1.29, 1.82) is 0 Å². The zero-order valence-electron chi connectivity index (χ0n) is 13.8. The first kappa shape index (κ1) is 15.8. The summed E-state index contributed by atoms with van der Waals surface area (Å²) in [5, 5.41) is 0. The monoisotopic (exact) mass is 372 g/mol. The van der Waals surface area contributed by atoms with E-state index in [0.29, 0.717) is 0 Å². The Balaban J connectivity index is 1.85. The van der Waals surface area contributed by atoms with E-state index in [1.54, 1.807) is 0 Å². The Kier molecular flexibility index (Phi) is 4.51. The molecule has 0 saturated heterocycles. The number of hydrogen-bond acceptors (Lipinski definition) is 4. The number of anilines is 2. The van der Waals surface area contributed by atoms with Gasteiger partial charge in [0, 0.05) is 0 Å². The third-order valence-electron chi connectivity index (χ3n) is 3.70. The van der Waals surface area contributed by atoms with Gasteiger partial charge in [0.2, 0.25) is 0 Å². The first-order valence-electron chi connectivity index (χ1n) is 7.44. The number of nitrogens with zero attached hydrogens (tertiary/aromatic N) is 4. The molecule has 1 heterocycles. The first-order chi connectivity index (χ1) is 11.0. The van der Waals surface area contributed by atoms with Gasteiger partial charge in [-0.25, -0.2) is 0 Å². The summed E-state index contributed by atoms with van der Waals surface area (Å²) in [6.07, 6.45) is 0. The maximum atomic E-state index is 4.74. The molecule has 0 spiro atoms. The summed E-state index contributed by atoms with van der Waals surface area (Å²) >= 11 is 0.0508. The van der Waals surface area contributed by atoms with Crippen molar-refractivity contribution in [2.24, 2.45) is 0 Å². The molecule has 0 aliphatic heterocycles. The van der Waals surface area contributed by atoms with E-state index in [-0.39, 0.29) is 14.7 Å². The molecule has 0 aliphatic rings. The summed E-state index contributed by atoms with van der Waals surface area (Å²) in [7, 11) is 8.17. The van der Waals surface area contributed by atoms with Crippen LogP contribution in [-0.4, -0.2) is 51.9 Å². The number of rotatable bonds is 4. The summed E-state index contributed by atoms with van der Waals surface area (Å²) in [5.41, 5.74) is 4.62. The third kappa shape index (κ3) is 3.46. The summed E-state index contributed by atoms with van der Waals surface area (Å²) in [6, 6.07) is 16.9. The fraction of sp³-hybridized carbons (Fsp3) is 0.222. The van der Waals surface area contributed by atoms with E-state index in [1.165, 1.54) is 16.9 Å². The van der Waals surface area contributed by atoms with Crippen LogP contribution in [0.25, 0.3) is 21.5 Å². The molecule has 23 heavy (non-hydrogen) atoms. The van der Waals surface area contributed by atoms with E-state index >= 15 is 0 Å². The number of hydrogen-bond donors (Lipinski definition) is 0. The van der Waals surface area contributed by atoms with Gasteiger partial charge in [-0.15, -0.1) is 0 Å². The van der Waals surface area contributed by atoms with Gasteiger partial charge >= 0.3 is 143 Å². The van der Waals surface area contributed by atoms with Gasteiger partial charge in [0.15, 0.2) is 0 Å². The van der Waals surface area contributed by atoms with Gasteiger partial charge in [0.05, 0.1) is 0 Å². The van der Waals surface area contributed by atoms with Crippen molar-refractivity contribution < 1.29 is 0 Å². The van der Waals surface area contributed by atoms with Crippen LogP contribution in [0.2, 0.25) is 0 Å². The second-order valence-corrected chi connectivity index (χ2v) is 7.38. The van der Waals surface area contributed by atoms with Crippen LogP contribution in [0.4, 0.5) is 11.4 Å². The summed E-state index contributed by atoms with van der Waals surface area (Å²) in [4.78, 5) is 8.93. The fourth-order valence-corrected chi connectivity index (χ4v) is 3.71. The molecule has 0 radical (unpaired) electrons. The topological polar surface area (TPSA) is 32.3 Å². The van der Waals surface area contributed by atoms with Gasteiger partial charge < -0.3 is 0 Å². The van der Waals surface area contributed by atoms with E-state index in [9.17, 15) is 0 Å². The van der Waals surface area contributed by atoms with Crippen LogP contribution < -0.4 is 9.80 Å². The molecular formula is C18H20N4Se. The van der Waals surface area contributed by atoms with E-state index in [4.69, 9.17) is 4.98 Å². The minimum atomic E-state index is 0.0508. The zero-order valence-corrected chi connectivity index (χ0v) is 15.5. The summed E-state index contributed by atoms with van der Waals surface area (Å²) in [6.45, 7) is 0. The number of benzene rings is 2. The van der Waals surface area contributed by atoms with Crippen LogP contribution >= 0.6 is 0 Å². The molecule has 0 aliphatic carbocycles. The molecule has 4 nitrogen and oxygen atoms in total. The Labute approximate surface area is 143 Å².